The van der Waals surface area contributed by atoms with Gasteiger partial charge in [-0.05, 0) is 12.5 Å². The van der Waals surface area contributed by atoms with Crippen molar-refractivity contribution in [1.82, 2.24) is 0 Å². The fourth-order valence-corrected chi connectivity index (χ4v) is 0.641. The highest BCUT2D eigenvalue weighted by molar-refractivity contribution is 5.92. The van der Waals surface area contributed by atoms with E-state index in [0.29, 0.717) is 0 Å². The van der Waals surface area contributed by atoms with Gasteiger partial charge in [0.2, 0.25) is 12.1 Å². The normalized spacial score (nSPS) is 11.3. The van der Waals surface area contributed by atoms with E-state index in [-0.39, 0.29) is 5.78 Å². The van der Waals surface area contributed by atoms with Crippen molar-refractivity contribution >= 4 is 5.78 Å². The molecule has 11 heavy (non-hydrogen) atoms. The third-order valence-electron chi connectivity index (χ3n) is 1.18. The van der Waals surface area contributed by atoms with Crippen molar-refractivity contribution in [2.45, 2.75) is 19.6 Å². The summed E-state index contributed by atoms with van der Waals surface area (Å²) in [6.07, 6.45) is 3.33. The molecule has 3 heteroatoms. The van der Waals surface area contributed by atoms with Gasteiger partial charge >= 0.3 is 0 Å². The molecule has 3 nitrogen and oxygen atoms in total. The number of hydrogen-bond donors (Lipinski definition) is 0. The smallest absolute Gasteiger partial charge is 0.221 e. The van der Waals surface area contributed by atoms with E-state index in [2.05, 4.69) is 0 Å². The van der Waals surface area contributed by atoms with Crippen molar-refractivity contribution in [2.75, 3.05) is 14.2 Å². The van der Waals surface area contributed by atoms with Crippen LogP contribution in [0.4, 0.5) is 0 Å². The second-order valence-corrected chi connectivity index (χ2v) is 2.02. The summed E-state index contributed by atoms with van der Waals surface area (Å²) in [6, 6.07) is 0. The van der Waals surface area contributed by atoms with Crippen LogP contribution in [0.5, 0.6) is 0 Å². The van der Waals surface area contributed by atoms with Gasteiger partial charge in [0.05, 0.1) is 0 Å². The van der Waals surface area contributed by atoms with Crippen molar-refractivity contribution < 1.29 is 14.3 Å². The first-order valence-corrected chi connectivity index (χ1v) is 3.52. The fraction of sp³-hybridized carbons (Fsp3) is 0.625. The Balaban J connectivity index is 3.88. The van der Waals surface area contributed by atoms with Crippen molar-refractivity contribution in [3.63, 3.8) is 0 Å². The molecule has 0 saturated heterocycles. The zero-order chi connectivity index (χ0) is 8.69. The van der Waals surface area contributed by atoms with E-state index < -0.39 is 6.29 Å². The number of rotatable bonds is 5. The molecule has 0 spiro atoms. The quantitative estimate of drug-likeness (QED) is 0.444. The Labute approximate surface area is 67.0 Å². The first-order chi connectivity index (χ1) is 5.26. The highest BCUT2D eigenvalue weighted by atomic mass is 16.7. The van der Waals surface area contributed by atoms with E-state index in [1.165, 1.54) is 20.3 Å². The predicted molar refractivity (Wildman–Crippen MR) is 42.2 cm³/mol. The maximum atomic E-state index is 11.0. The van der Waals surface area contributed by atoms with Gasteiger partial charge in [-0.15, -0.1) is 0 Å². The van der Waals surface area contributed by atoms with E-state index in [4.69, 9.17) is 9.47 Å². The predicted octanol–water partition coefficient (Wildman–Crippen LogP) is 1.14. The molecule has 0 aromatic carbocycles. The highest BCUT2D eigenvalue weighted by Gasteiger charge is 2.11. The Morgan fingerprint density at radius 1 is 1.45 bits per heavy atom. The standard InChI is InChI=1S/C8H14O3/c1-4-5-6-7(9)8(10-2)11-3/h5-6,8H,4H2,1-3H3/b6-5+. The molecule has 0 aromatic heterocycles. The van der Waals surface area contributed by atoms with Crippen LogP contribution in [-0.2, 0) is 14.3 Å². The number of methoxy groups -OCH3 is 2. The van der Waals surface area contributed by atoms with Gasteiger partial charge in [0.1, 0.15) is 0 Å². The van der Waals surface area contributed by atoms with Crippen LogP contribution >= 0.6 is 0 Å². The summed E-state index contributed by atoms with van der Waals surface area (Å²) in [5.74, 6) is -0.156. The number of ketones is 1. The van der Waals surface area contributed by atoms with Crippen LogP contribution in [0.25, 0.3) is 0 Å². The molecule has 0 aromatic rings. The van der Waals surface area contributed by atoms with E-state index in [1.807, 2.05) is 6.92 Å². The maximum Gasteiger partial charge on any atom is 0.221 e. The molecule has 0 bridgehead atoms. The van der Waals surface area contributed by atoms with Crippen LogP contribution in [0, 0.1) is 0 Å². The molecule has 0 radical (unpaired) electrons. The number of carbonyl (C=O) groups is 1. The lowest BCUT2D eigenvalue weighted by molar-refractivity contribution is -0.151. The average molecular weight is 158 g/mol. The lowest BCUT2D eigenvalue weighted by atomic mass is 10.3. The summed E-state index contributed by atoms with van der Waals surface area (Å²) in [7, 11) is 2.87. The van der Waals surface area contributed by atoms with Crippen LogP contribution in [0.2, 0.25) is 0 Å². The molecule has 0 aliphatic carbocycles. The van der Waals surface area contributed by atoms with Gasteiger partial charge in [-0.3, -0.25) is 4.79 Å². The van der Waals surface area contributed by atoms with Crippen LogP contribution in [-0.4, -0.2) is 26.3 Å². The molecular formula is C8H14O3. The molecule has 0 unspecified atom stereocenters. The van der Waals surface area contributed by atoms with E-state index >= 15 is 0 Å². The largest absolute Gasteiger partial charge is 0.349 e. The first kappa shape index (κ1) is 10.3. The Morgan fingerprint density at radius 3 is 2.36 bits per heavy atom. The van der Waals surface area contributed by atoms with E-state index in [1.54, 1.807) is 6.08 Å². The van der Waals surface area contributed by atoms with Crippen molar-refractivity contribution in [3.05, 3.63) is 12.2 Å². The second-order valence-electron chi connectivity index (χ2n) is 2.02. The van der Waals surface area contributed by atoms with Gasteiger partial charge in [0.15, 0.2) is 0 Å². The zero-order valence-corrected chi connectivity index (χ0v) is 7.16. The monoisotopic (exact) mass is 158 g/mol. The van der Waals surface area contributed by atoms with Gasteiger partial charge in [0, 0.05) is 14.2 Å². The lowest BCUT2D eigenvalue weighted by Gasteiger charge is -2.08. The summed E-state index contributed by atoms with van der Waals surface area (Å²) in [5, 5.41) is 0. The number of allylic oxidation sites excluding steroid dienone is 1. The van der Waals surface area contributed by atoms with Gasteiger partial charge in [-0.25, -0.2) is 0 Å². The highest BCUT2D eigenvalue weighted by Crippen LogP contribution is 1.94. The Hall–Kier alpha value is -0.670. The SMILES string of the molecule is CC/C=C/C(=O)C(OC)OC. The molecule has 0 aliphatic rings. The summed E-state index contributed by atoms with van der Waals surface area (Å²) in [6.45, 7) is 1.96. The summed E-state index contributed by atoms with van der Waals surface area (Å²) >= 11 is 0. The van der Waals surface area contributed by atoms with Crippen molar-refractivity contribution in [3.8, 4) is 0 Å². The molecule has 0 rings (SSSR count). The minimum absolute atomic E-state index is 0.156. The van der Waals surface area contributed by atoms with Gasteiger partial charge < -0.3 is 9.47 Å². The summed E-state index contributed by atoms with van der Waals surface area (Å²) in [5.41, 5.74) is 0. The van der Waals surface area contributed by atoms with E-state index in [9.17, 15) is 4.79 Å². The van der Waals surface area contributed by atoms with Crippen LogP contribution < -0.4 is 0 Å². The van der Waals surface area contributed by atoms with Crippen molar-refractivity contribution in [2.24, 2.45) is 0 Å². The third kappa shape index (κ3) is 3.91. The third-order valence-corrected chi connectivity index (χ3v) is 1.18. The molecule has 0 fully saturated rings. The molecule has 0 heterocycles. The topological polar surface area (TPSA) is 35.5 Å². The second kappa shape index (κ2) is 6.07. The van der Waals surface area contributed by atoms with Crippen LogP contribution in [0.1, 0.15) is 13.3 Å². The Morgan fingerprint density at radius 2 is 2.00 bits per heavy atom. The number of carbonyl (C=O) groups excluding carboxylic acids is 1. The average Bonchev–Trinajstić information content (AvgIpc) is 2.03. The van der Waals surface area contributed by atoms with Crippen LogP contribution in [0.3, 0.4) is 0 Å². The van der Waals surface area contributed by atoms with Gasteiger partial charge in [-0.1, -0.05) is 13.0 Å². The number of hydrogen-bond acceptors (Lipinski definition) is 3. The van der Waals surface area contributed by atoms with Crippen molar-refractivity contribution in [1.29, 1.82) is 0 Å². The first-order valence-electron chi connectivity index (χ1n) is 3.52. The molecule has 0 atom stereocenters. The minimum atomic E-state index is -0.752. The van der Waals surface area contributed by atoms with E-state index in [0.717, 1.165) is 6.42 Å². The molecule has 0 amide bonds. The lowest BCUT2D eigenvalue weighted by Crippen LogP contribution is -2.22. The molecule has 0 N–H and O–H groups in total. The molecule has 0 aliphatic heterocycles. The van der Waals surface area contributed by atoms with Crippen LogP contribution in [0.15, 0.2) is 12.2 Å². The molecule has 64 valence electrons. The Kier molecular flexibility index (Phi) is 5.70. The Bertz CT molecular complexity index is 136. The fourth-order valence-electron chi connectivity index (χ4n) is 0.641. The minimum Gasteiger partial charge on any atom is -0.349 e. The summed E-state index contributed by atoms with van der Waals surface area (Å²) in [4.78, 5) is 11.0. The zero-order valence-electron chi connectivity index (χ0n) is 7.16. The molecule has 0 saturated carbocycles. The molecular weight excluding hydrogens is 144 g/mol. The maximum absolute atomic E-state index is 11.0. The number of ether oxygens (including phenoxy) is 2. The van der Waals surface area contributed by atoms with Gasteiger partial charge in [-0.2, -0.15) is 0 Å². The van der Waals surface area contributed by atoms with Gasteiger partial charge in [0.25, 0.3) is 0 Å². The summed E-state index contributed by atoms with van der Waals surface area (Å²) < 4.78 is 9.47.